The second-order valence-corrected chi connectivity index (χ2v) is 6.06. The summed E-state index contributed by atoms with van der Waals surface area (Å²) < 4.78 is 0. The SMILES string of the molecule is Cc1cc(=O)[nH]c(N2CCC(Nc3nc(C)cnc3C)CC2)n1. The maximum absolute atomic E-state index is 11.6. The first-order chi connectivity index (χ1) is 11.0. The van der Waals surface area contributed by atoms with Crippen LogP contribution in [0.4, 0.5) is 11.8 Å². The van der Waals surface area contributed by atoms with Crippen LogP contribution in [-0.2, 0) is 0 Å². The second-order valence-electron chi connectivity index (χ2n) is 6.06. The number of aromatic amines is 1. The predicted molar refractivity (Wildman–Crippen MR) is 90.0 cm³/mol. The van der Waals surface area contributed by atoms with Crippen molar-refractivity contribution in [3.63, 3.8) is 0 Å². The van der Waals surface area contributed by atoms with Gasteiger partial charge in [-0.3, -0.25) is 14.8 Å². The summed E-state index contributed by atoms with van der Waals surface area (Å²) in [6.07, 6.45) is 3.71. The molecule has 1 aliphatic heterocycles. The molecule has 2 N–H and O–H groups in total. The summed E-state index contributed by atoms with van der Waals surface area (Å²) in [5, 5.41) is 3.49. The van der Waals surface area contributed by atoms with E-state index in [1.165, 1.54) is 6.07 Å². The first kappa shape index (κ1) is 15.5. The Bertz CT molecular complexity index is 748. The standard InChI is InChI=1S/C16H22N6O/c1-10-8-14(23)21-16(19-10)22-6-4-13(5-7-22)20-15-12(3)17-9-11(2)18-15/h8-9,13H,4-7H2,1-3H3,(H,18,20)(H,19,21,23). The second kappa shape index (κ2) is 6.36. The monoisotopic (exact) mass is 314 g/mol. The molecule has 7 nitrogen and oxygen atoms in total. The number of nitrogens with zero attached hydrogens (tertiary/aromatic N) is 4. The summed E-state index contributed by atoms with van der Waals surface area (Å²) in [5.41, 5.74) is 2.48. The first-order valence-electron chi connectivity index (χ1n) is 7.91. The van der Waals surface area contributed by atoms with Gasteiger partial charge in [-0.2, -0.15) is 0 Å². The Morgan fingerprint density at radius 3 is 2.61 bits per heavy atom. The van der Waals surface area contributed by atoms with Gasteiger partial charge >= 0.3 is 0 Å². The van der Waals surface area contributed by atoms with Gasteiger partial charge < -0.3 is 10.2 Å². The highest BCUT2D eigenvalue weighted by atomic mass is 16.1. The van der Waals surface area contributed by atoms with Crippen LogP contribution in [0.1, 0.15) is 29.9 Å². The van der Waals surface area contributed by atoms with Gasteiger partial charge in [0, 0.05) is 37.1 Å². The lowest BCUT2D eigenvalue weighted by Gasteiger charge is -2.33. The number of aryl methyl sites for hydroxylation is 3. The van der Waals surface area contributed by atoms with E-state index in [0.29, 0.717) is 12.0 Å². The summed E-state index contributed by atoms with van der Waals surface area (Å²) in [5.74, 6) is 1.53. The third-order valence-corrected chi connectivity index (χ3v) is 4.07. The molecule has 3 heterocycles. The number of hydrogen-bond donors (Lipinski definition) is 2. The summed E-state index contributed by atoms with van der Waals surface area (Å²) in [4.78, 5) is 29.8. The van der Waals surface area contributed by atoms with Crippen LogP contribution in [0, 0.1) is 20.8 Å². The van der Waals surface area contributed by atoms with E-state index in [0.717, 1.165) is 48.8 Å². The van der Waals surface area contributed by atoms with Gasteiger partial charge in [0.25, 0.3) is 5.56 Å². The number of H-pyrrole nitrogens is 1. The molecule has 2 aromatic heterocycles. The van der Waals surface area contributed by atoms with Gasteiger partial charge in [0.2, 0.25) is 5.95 Å². The van der Waals surface area contributed by atoms with Gasteiger partial charge in [0.05, 0.1) is 11.4 Å². The van der Waals surface area contributed by atoms with Crippen LogP contribution in [0.2, 0.25) is 0 Å². The Kier molecular flexibility index (Phi) is 4.27. The molecule has 0 aromatic carbocycles. The average Bonchev–Trinajstić information content (AvgIpc) is 2.51. The summed E-state index contributed by atoms with van der Waals surface area (Å²) >= 11 is 0. The van der Waals surface area contributed by atoms with Crippen LogP contribution < -0.4 is 15.8 Å². The molecule has 0 amide bonds. The molecule has 0 aliphatic carbocycles. The molecule has 0 bridgehead atoms. The zero-order valence-electron chi connectivity index (χ0n) is 13.8. The van der Waals surface area contributed by atoms with Crippen LogP contribution >= 0.6 is 0 Å². The highest BCUT2D eigenvalue weighted by molar-refractivity contribution is 5.41. The zero-order chi connectivity index (χ0) is 16.4. The Labute approximate surface area is 135 Å². The lowest BCUT2D eigenvalue weighted by atomic mass is 10.1. The molecule has 7 heteroatoms. The molecule has 0 spiro atoms. The fraction of sp³-hybridized carbons (Fsp3) is 0.500. The number of rotatable bonds is 3. The fourth-order valence-corrected chi connectivity index (χ4v) is 2.82. The van der Waals surface area contributed by atoms with Crippen molar-refractivity contribution in [2.24, 2.45) is 0 Å². The van der Waals surface area contributed by atoms with E-state index in [-0.39, 0.29) is 5.56 Å². The van der Waals surface area contributed by atoms with Crippen molar-refractivity contribution in [2.75, 3.05) is 23.3 Å². The van der Waals surface area contributed by atoms with Crippen molar-refractivity contribution in [2.45, 2.75) is 39.7 Å². The fourth-order valence-electron chi connectivity index (χ4n) is 2.82. The van der Waals surface area contributed by atoms with Crippen molar-refractivity contribution in [1.82, 2.24) is 19.9 Å². The van der Waals surface area contributed by atoms with E-state index < -0.39 is 0 Å². The van der Waals surface area contributed by atoms with E-state index in [9.17, 15) is 4.79 Å². The molecule has 23 heavy (non-hydrogen) atoms. The van der Waals surface area contributed by atoms with Crippen LogP contribution in [0.25, 0.3) is 0 Å². The minimum atomic E-state index is -0.0987. The van der Waals surface area contributed by atoms with Crippen molar-refractivity contribution in [3.05, 3.63) is 39.7 Å². The Balaban J connectivity index is 1.64. The van der Waals surface area contributed by atoms with E-state index >= 15 is 0 Å². The van der Waals surface area contributed by atoms with Gasteiger partial charge in [-0.25, -0.2) is 9.97 Å². The lowest BCUT2D eigenvalue weighted by molar-refractivity contribution is 0.517. The number of hydrogen-bond acceptors (Lipinski definition) is 6. The van der Waals surface area contributed by atoms with Crippen molar-refractivity contribution < 1.29 is 0 Å². The topological polar surface area (TPSA) is 86.8 Å². The number of nitrogens with one attached hydrogen (secondary N) is 2. The Hall–Kier alpha value is -2.44. The van der Waals surface area contributed by atoms with Crippen molar-refractivity contribution >= 4 is 11.8 Å². The number of aromatic nitrogens is 4. The molecule has 3 rings (SSSR count). The molecule has 1 aliphatic rings. The third-order valence-electron chi connectivity index (χ3n) is 4.07. The molecular formula is C16H22N6O. The Morgan fingerprint density at radius 2 is 1.91 bits per heavy atom. The van der Waals surface area contributed by atoms with E-state index in [1.807, 2.05) is 20.8 Å². The van der Waals surface area contributed by atoms with E-state index in [1.54, 1.807) is 6.20 Å². The molecule has 1 fully saturated rings. The lowest BCUT2D eigenvalue weighted by Crippen LogP contribution is -2.40. The largest absolute Gasteiger partial charge is 0.366 e. The van der Waals surface area contributed by atoms with Crippen LogP contribution in [0.3, 0.4) is 0 Å². The van der Waals surface area contributed by atoms with E-state index in [2.05, 4.69) is 30.2 Å². The van der Waals surface area contributed by atoms with Gasteiger partial charge in [0.15, 0.2) is 0 Å². The highest BCUT2D eigenvalue weighted by Gasteiger charge is 2.21. The molecule has 2 aromatic rings. The van der Waals surface area contributed by atoms with E-state index in [4.69, 9.17) is 0 Å². The Morgan fingerprint density at radius 1 is 1.17 bits per heavy atom. The van der Waals surface area contributed by atoms with Crippen LogP contribution in [0.5, 0.6) is 0 Å². The van der Waals surface area contributed by atoms with Gasteiger partial charge in [-0.1, -0.05) is 0 Å². The maximum atomic E-state index is 11.6. The predicted octanol–water partition coefficient (Wildman–Crippen LogP) is 1.57. The average molecular weight is 314 g/mol. The van der Waals surface area contributed by atoms with Gasteiger partial charge in [0.1, 0.15) is 5.82 Å². The molecule has 0 saturated carbocycles. The van der Waals surface area contributed by atoms with Crippen molar-refractivity contribution in [1.29, 1.82) is 0 Å². The zero-order valence-corrected chi connectivity index (χ0v) is 13.8. The minimum Gasteiger partial charge on any atom is -0.366 e. The van der Waals surface area contributed by atoms with Gasteiger partial charge in [-0.05, 0) is 33.6 Å². The molecule has 122 valence electrons. The van der Waals surface area contributed by atoms with Gasteiger partial charge in [-0.15, -0.1) is 0 Å². The maximum Gasteiger partial charge on any atom is 0.252 e. The number of anilines is 2. The smallest absolute Gasteiger partial charge is 0.252 e. The third kappa shape index (κ3) is 3.67. The molecule has 0 unspecified atom stereocenters. The number of piperidine rings is 1. The summed E-state index contributed by atoms with van der Waals surface area (Å²) in [6.45, 7) is 7.45. The minimum absolute atomic E-state index is 0.0987. The summed E-state index contributed by atoms with van der Waals surface area (Å²) in [6, 6.07) is 1.87. The quantitative estimate of drug-likeness (QED) is 0.894. The highest BCUT2D eigenvalue weighted by Crippen LogP contribution is 2.19. The van der Waals surface area contributed by atoms with Crippen LogP contribution in [-0.4, -0.2) is 39.1 Å². The van der Waals surface area contributed by atoms with Crippen LogP contribution in [0.15, 0.2) is 17.1 Å². The van der Waals surface area contributed by atoms with Crippen molar-refractivity contribution in [3.8, 4) is 0 Å². The molecule has 0 atom stereocenters. The molecular weight excluding hydrogens is 292 g/mol. The summed E-state index contributed by atoms with van der Waals surface area (Å²) in [7, 11) is 0. The molecule has 0 radical (unpaired) electrons. The molecule has 1 saturated heterocycles. The normalized spacial score (nSPS) is 15.7. The first-order valence-corrected chi connectivity index (χ1v) is 7.91.